The summed E-state index contributed by atoms with van der Waals surface area (Å²) in [5.41, 5.74) is 5.58. The molecule has 0 aromatic heterocycles. The maximum absolute atomic E-state index is 12.2. The van der Waals surface area contributed by atoms with E-state index in [2.05, 4.69) is 4.72 Å². The van der Waals surface area contributed by atoms with Gasteiger partial charge in [0.05, 0.1) is 15.4 Å². The van der Waals surface area contributed by atoms with Gasteiger partial charge in [0, 0.05) is 0 Å². The predicted octanol–water partition coefficient (Wildman–Crippen LogP) is 1.73. The first kappa shape index (κ1) is 15.1. The van der Waals surface area contributed by atoms with Crippen LogP contribution in [0, 0.1) is 6.92 Å². The maximum atomic E-state index is 12.2. The van der Waals surface area contributed by atoms with Crippen LogP contribution in [0.4, 0.5) is 0 Å². The van der Waals surface area contributed by atoms with Crippen molar-refractivity contribution in [2.45, 2.75) is 37.6 Å². The van der Waals surface area contributed by atoms with E-state index in [1.165, 1.54) is 0 Å². The fourth-order valence-electron chi connectivity index (χ4n) is 1.43. The lowest BCUT2D eigenvalue weighted by molar-refractivity contribution is 0.511. The lowest BCUT2D eigenvalue weighted by atomic mass is 10.0. The fourth-order valence-corrected chi connectivity index (χ4v) is 3.26. The van der Waals surface area contributed by atoms with Crippen LogP contribution in [0.2, 0.25) is 0 Å². The minimum Gasteiger partial charge on any atom is -0.392 e. The lowest BCUT2D eigenvalue weighted by Crippen LogP contribution is -2.53. The molecular weight excluding hydrogens is 268 g/mol. The van der Waals surface area contributed by atoms with Crippen molar-refractivity contribution in [3.8, 4) is 0 Å². The Balaban J connectivity index is 3.13. The predicted molar refractivity (Wildman–Crippen MR) is 77.0 cm³/mol. The summed E-state index contributed by atoms with van der Waals surface area (Å²) in [6.07, 6.45) is 0.493. The van der Waals surface area contributed by atoms with Gasteiger partial charge in [-0.05, 0) is 38.0 Å². The highest BCUT2D eigenvalue weighted by atomic mass is 32.2. The van der Waals surface area contributed by atoms with Gasteiger partial charge in [-0.3, -0.25) is 0 Å². The first-order chi connectivity index (χ1) is 8.21. The van der Waals surface area contributed by atoms with Gasteiger partial charge in [0.15, 0.2) is 0 Å². The second-order valence-electron chi connectivity index (χ2n) is 4.47. The van der Waals surface area contributed by atoms with Crippen LogP contribution in [0.3, 0.4) is 0 Å². The first-order valence-corrected chi connectivity index (χ1v) is 7.51. The largest absolute Gasteiger partial charge is 0.392 e. The quantitative estimate of drug-likeness (QED) is 0.809. The van der Waals surface area contributed by atoms with E-state index in [9.17, 15) is 8.42 Å². The zero-order valence-electron chi connectivity index (χ0n) is 10.7. The Morgan fingerprint density at radius 1 is 1.50 bits per heavy atom. The molecule has 1 aromatic rings. The van der Waals surface area contributed by atoms with Crippen molar-refractivity contribution in [2.75, 3.05) is 0 Å². The Labute approximate surface area is 114 Å². The van der Waals surface area contributed by atoms with Crippen LogP contribution in [0.5, 0.6) is 0 Å². The minimum absolute atomic E-state index is 0.140. The average molecular weight is 286 g/mol. The topological polar surface area (TPSA) is 72.2 Å². The van der Waals surface area contributed by atoms with E-state index in [1.807, 2.05) is 19.9 Å². The summed E-state index contributed by atoms with van der Waals surface area (Å²) in [7, 11) is -3.62. The number of rotatable bonds is 5. The second-order valence-corrected chi connectivity index (χ2v) is 6.59. The summed E-state index contributed by atoms with van der Waals surface area (Å²) in [6.45, 7) is 5.35. The molecule has 1 unspecified atom stereocenters. The van der Waals surface area contributed by atoms with Gasteiger partial charge in [0.1, 0.15) is 0 Å². The zero-order chi connectivity index (χ0) is 14.0. The van der Waals surface area contributed by atoms with Gasteiger partial charge in [-0.15, -0.1) is 0 Å². The Hall–Kier alpha value is -0.980. The number of hydrogen-bond acceptors (Lipinski definition) is 3. The van der Waals surface area contributed by atoms with Crippen molar-refractivity contribution in [3.05, 3.63) is 29.8 Å². The molecule has 0 saturated heterocycles. The molecule has 0 saturated carbocycles. The third kappa shape index (κ3) is 3.28. The van der Waals surface area contributed by atoms with Gasteiger partial charge in [-0.2, -0.15) is 4.72 Å². The molecule has 1 atom stereocenters. The molecule has 0 fully saturated rings. The normalized spacial score (nSPS) is 15.1. The van der Waals surface area contributed by atoms with Gasteiger partial charge < -0.3 is 5.73 Å². The van der Waals surface area contributed by atoms with Crippen LogP contribution >= 0.6 is 12.2 Å². The maximum Gasteiger partial charge on any atom is 0.241 e. The number of hydrogen-bond donors (Lipinski definition) is 2. The Kier molecular flexibility index (Phi) is 4.47. The first-order valence-electron chi connectivity index (χ1n) is 5.62. The molecule has 18 heavy (non-hydrogen) atoms. The highest BCUT2D eigenvalue weighted by molar-refractivity contribution is 7.89. The Morgan fingerprint density at radius 3 is 2.56 bits per heavy atom. The molecular formula is C12H18N2O2S2. The summed E-state index contributed by atoms with van der Waals surface area (Å²) in [5, 5.41) is 0. The molecule has 4 nitrogen and oxygen atoms in total. The molecule has 0 spiro atoms. The third-order valence-corrected chi connectivity index (χ3v) is 4.95. The number of aryl methyl sites for hydroxylation is 1. The monoisotopic (exact) mass is 286 g/mol. The van der Waals surface area contributed by atoms with Gasteiger partial charge in [-0.1, -0.05) is 31.3 Å². The van der Waals surface area contributed by atoms with Crippen LogP contribution in [-0.2, 0) is 10.0 Å². The Bertz CT molecular complexity index is 555. The van der Waals surface area contributed by atoms with Crippen LogP contribution in [0.1, 0.15) is 25.8 Å². The van der Waals surface area contributed by atoms with E-state index in [0.717, 1.165) is 5.56 Å². The van der Waals surface area contributed by atoms with E-state index in [-0.39, 0.29) is 9.88 Å². The zero-order valence-corrected chi connectivity index (χ0v) is 12.4. The van der Waals surface area contributed by atoms with Crippen LogP contribution in [0.25, 0.3) is 0 Å². The Morgan fingerprint density at radius 2 is 2.11 bits per heavy atom. The van der Waals surface area contributed by atoms with Crippen molar-refractivity contribution in [2.24, 2.45) is 5.73 Å². The van der Waals surface area contributed by atoms with Gasteiger partial charge >= 0.3 is 0 Å². The molecule has 1 rings (SSSR count). The fraction of sp³-hybridized carbons (Fsp3) is 0.417. The highest BCUT2D eigenvalue weighted by Crippen LogP contribution is 2.17. The van der Waals surface area contributed by atoms with Crippen LogP contribution in [0.15, 0.2) is 29.2 Å². The molecule has 0 heterocycles. The van der Waals surface area contributed by atoms with E-state index >= 15 is 0 Å². The van der Waals surface area contributed by atoms with Gasteiger partial charge in [-0.25, -0.2) is 8.42 Å². The van der Waals surface area contributed by atoms with E-state index in [1.54, 1.807) is 25.1 Å². The van der Waals surface area contributed by atoms with E-state index < -0.39 is 15.6 Å². The number of benzene rings is 1. The summed E-state index contributed by atoms with van der Waals surface area (Å²) in [4.78, 5) is 0.361. The average Bonchev–Trinajstić information content (AvgIpc) is 2.28. The summed E-state index contributed by atoms with van der Waals surface area (Å²) in [5.74, 6) is 0. The second kappa shape index (κ2) is 5.34. The van der Waals surface area contributed by atoms with Crippen molar-refractivity contribution in [1.82, 2.24) is 4.72 Å². The molecule has 3 N–H and O–H groups in total. The molecule has 0 aliphatic heterocycles. The number of nitrogens with one attached hydrogen (secondary N) is 1. The number of nitrogens with two attached hydrogens (primary N) is 1. The standard InChI is InChI=1S/C12H18N2O2S2/c1-4-12(3,11(13)17)14-18(15,16)10-7-5-6-9(2)8-10/h5-8,14H,4H2,1-3H3,(H2,13,17). The van der Waals surface area contributed by atoms with Gasteiger partial charge in [0.25, 0.3) is 0 Å². The molecule has 0 amide bonds. The molecule has 100 valence electrons. The molecule has 0 radical (unpaired) electrons. The van der Waals surface area contributed by atoms with Crippen LogP contribution in [-0.4, -0.2) is 18.9 Å². The smallest absolute Gasteiger partial charge is 0.241 e. The van der Waals surface area contributed by atoms with E-state index in [4.69, 9.17) is 18.0 Å². The lowest BCUT2D eigenvalue weighted by Gasteiger charge is -2.27. The molecule has 0 aliphatic rings. The van der Waals surface area contributed by atoms with Crippen LogP contribution < -0.4 is 10.5 Å². The summed E-state index contributed by atoms with van der Waals surface area (Å²) >= 11 is 4.92. The molecule has 1 aromatic carbocycles. The summed E-state index contributed by atoms with van der Waals surface area (Å²) < 4.78 is 27.0. The van der Waals surface area contributed by atoms with Gasteiger partial charge in [0.2, 0.25) is 10.0 Å². The van der Waals surface area contributed by atoms with Crippen molar-refractivity contribution < 1.29 is 8.42 Å². The molecule has 0 aliphatic carbocycles. The molecule has 0 bridgehead atoms. The number of thiocarbonyl (C=S) groups is 1. The third-order valence-electron chi connectivity index (χ3n) is 2.91. The van der Waals surface area contributed by atoms with Crippen molar-refractivity contribution >= 4 is 27.2 Å². The van der Waals surface area contributed by atoms with Crippen molar-refractivity contribution in [3.63, 3.8) is 0 Å². The SMILES string of the molecule is CCC(C)(NS(=O)(=O)c1cccc(C)c1)C(N)=S. The highest BCUT2D eigenvalue weighted by Gasteiger charge is 2.31. The molecule has 6 heteroatoms. The van der Waals surface area contributed by atoms with E-state index in [0.29, 0.717) is 6.42 Å². The summed E-state index contributed by atoms with van der Waals surface area (Å²) in [6, 6.07) is 6.70. The number of sulfonamides is 1. The minimum atomic E-state index is -3.62. The van der Waals surface area contributed by atoms with Crippen molar-refractivity contribution in [1.29, 1.82) is 0 Å².